The van der Waals surface area contributed by atoms with Crippen LogP contribution in [0.4, 0.5) is 5.69 Å². The minimum atomic E-state index is -3.42. The van der Waals surface area contributed by atoms with Gasteiger partial charge in [0.25, 0.3) is 5.91 Å². The second-order valence-electron chi connectivity index (χ2n) is 5.67. The molecule has 0 atom stereocenters. The Bertz CT molecular complexity index is 960. The van der Waals surface area contributed by atoms with Gasteiger partial charge in [0.15, 0.2) is 9.84 Å². The van der Waals surface area contributed by atoms with Crippen LogP contribution in [0.2, 0.25) is 5.02 Å². The first-order chi connectivity index (χ1) is 12.7. The number of halogens is 1. The fraction of sp³-hybridized carbons (Fsp3) is 0.222. The van der Waals surface area contributed by atoms with Crippen LogP contribution in [0.3, 0.4) is 0 Å². The molecule has 0 spiro atoms. The maximum absolute atomic E-state index is 12.2. The fourth-order valence-electron chi connectivity index (χ4n) is 2.26. The summed E-state index contributed by atoms with van der Waals surface area (Å²) in [7, 11) is -1.96. The molecule has 2 N–H and O–H groups in total. The number of nitrogens with one attached hydrogen (secondary N) is 2. The summed E-state index contributed by atoms with van der Waals surface area (Å²) in [5.74, 6) is -0.343. The van der Waals surface area contributed by atoms with Crippen LogP contribution in [-0.2, 0) is 14.6 Å². The number of methoxy groups -OCH3 is 1. The van der Waals surface area contributed by atoms with Crippen molar-refractivity contribution in [2.45, 2.75) is 11.3 Å². The monoisotopic (exact) mass is 410 g/mol. The van der Waals surface area contributed by atoms with E-state index in [1.165, 1.54) is 25.3 Å². The highest BCUT2D eigenvalue weighted by molar-refractivity contribution is 7.90. The molecule has 0 aromatic heterocycles. The van der Waals surface area contributed by atoms with Crippen molar-refractivity contribution in [1.29, 1.82) is 0 Å². The van der Waals surface area contributed by atoms with E-state index >= 15 is 0 Å². The van der Waals surface area contributed by atoms with E-state index in [9.17, 15) is 18.0 Å². The number of rotatable bonds is 7. The van der Waals surface area contributed by atoms with Crippen LogP contribution in [-0.4, -0.2) is 40.1 Å². The Morgan fingerprint density at radius 1 is 1.15 bits per heavy atom. The lowest BCUT2D eigenvalue weighted by Gasteiger charge is -2.10. The summed E-state index contributed by atoms with van der Waals surface area (Å²) in [6.45, 7) is 0.0894. The molecule has 2 rings (SSSR count). The zero-order valence-corrected chi connectivity index (χ0v) is 16.4. The van der Waals surface area contributed by atoms with Crippen LogP contribution in [0.15, 0.2) is 47.4 Å². The van der Waals surface area contributed by atoms with E-state index in [4.69, 9.17) is 16.3 Å². The second kappa shape index (κ2) is 8.88. The highest BCUT2D eigenvalue weighted by Crippen LogP contribution is 2.25. The number of sulfone groups is 1. The van der Waals surface area contributed by atoms with Gasteiger partial charge in [0.1, 0.15) is 5.75 Å². The average Bonchev–Trinajstić information content (AvgIpc) is 2.62. The van der Waals surface area contributed by atoms with Crippen LogP contribution in [0.25, 0.3) is 0 Å². The molecule has 9 heteroatoms. The van der Waals surface area contributed by atoms with Gasteiger partial charge in [0.2, 0.25) is 5.91 Å². The van der Waals surface area contributed by atoms with Gasteiger partial charge in [-0.25, -0.2) is 8.42 Å². The van der Waals surface area contributed by atoms with E-state index in [2.05, 4.69) is 10.6 Å². The molecule has 27 heavy (non-hydrogen) atoms. The van der Waals surface area contributed by atoms with Gasteiger partial charge in [-0.05, 0) is 30.3 Å². The molecule has 0 unspecified atom stereocenters. The smallest absolute Gasteiger partial charge is 0.255 e. The highest BCUT2D eigenvalue weighted by Gasteiger charge is 2.14. The van der Waals surface area contributed by atoms with Crippen LogP contribution < -0.4 is 15.4 Å². The highest BCUT2D eigenvalue weighted by atomic mass is 35.5. The largest absolute Gasteiger partial charge is 0.496 e. The average molecular weight is 411 g/mol. The molecule has 7 nitrogen and oxygen atoms in total. The molecular weight excluding hydrogens is 392 g/mol. The Labute approximate surface area is 162 Å². The Kier molecular flexibility index (Phi) is 6.81. The standard InChI is InChI=1S/C18H19ClN2O5S/c1-26-16-6-4-3-5-13(16)18(23)20-10-9-17(22)21-15-11-12(27(2,24)25)7-8-14(15)19/h3-8,11H,9-10H2,1-2H3,(H,20,23)(H,21,22). The quantitative estimate of drug-likeness (QED) is 0.730. The van der Waals surface area contributed by atoms with Gasteiger partial charge in [0.05, 0.1) is 28.3 Å². The van der Waals surface area contributed by atoms with Gasteiger partial charge in [-0.2, -0.15) is 0 Å². The van der Waals surface area contributed by atoms with Gasteiger partial charge in [-0.3, -0.25) is 9.59 Å². The lowest BCUT2D eigenvalue weighted by atomic mass is 10.2. The van der Waals surface area contributed by atoms with Gasteiger partial charge < -0.3 is 15.4 Å². The Morgan fingerprint density at radius 3 is 2.52 bits per heavy atom. The van der Waals surface area contributed by atoms with Gasteiger partial charge in [-0.15, -0.1) is 0 Å². The third kappa shape index (κ3) is 5.70. The molecule has 0 radical (unpaired) electrons. The molecule has 0 aliphatic carbocycles. The van der Waals surface area contributed by atoms with Crippen LogP contribution in [0.1, 0.15) is 16.8 Å². The first-order valence-corrected chi connectivity index (χ1v) is 10.2. The molecule has 0 aliphatic heterocycles. The first-order valence-electron chi connectivity index (χ1n) is 7.93. The number of hydrogen-bond donors (Lipinski definition) is 2. The SMILES string of the molecule is COc1ccccc1C(=O)NCCC(=O)Nc1cc(S(C)(=O)=O)ccc1Cl. The third-order valence-corrected chi connectivity index (χ3v) is 5.07. The van der Waals surface area contributed by atoms with E-state index in [0.717, 1.165) is 6.26 Å². The zero-order chi connectivity index (χ0) is 20.0. The summed E-state index contributed by atoms with van der Waals surface area (Å²) < 4.78 is 28.3. The summed E-state index contributed by atoms with van der Waals surface area (Å²) in [6.07, 6.45) is 1.05. The Morgan fingerprint density at radius 2 is 1.85 bits per heavy atom. The van der Waals surface area contributed by atoms with E-state index in [1.807, 2.05) is 0 Å². The van der Waals surface area contributed by atoms with E-state index < -0.39 is 15.7 Å². The van der Waals surface area contributed by atoms with Crippen molar-refractivity contribution in [3.8, 4) is 5.75 Å². The number of ether oxygens (including phenoxy) is 1. The number of anilines is 1. The topological polar surface area (TPSA) is 102 Å². The maximum atomic E-state index is 12.2. The zero-order valence-electron chi connectivity index (χ0n) is 14.8. The Balaban J connectivity index is 1.94. The Hall–Kier alpha value is -2.58. The summed E-state index contributed by atoms with van der Waals surface area (Å²) in [4.78, 5) is 24.3. The number of carbonyl (C=O) groups excluding carboxylic acids is 2. The van der Waals surface area contributed by atoms with Crippen LogP contribution in [0.5, 0.6) is 5.75 Å². The first kappa shape index (κ1) is 20.7. The maximum Gasteiger partial charge on any atom is 0.255 e. The van der Waals surface area contributed by atoms with Crippen molar-refractivity contribution in [3.63, 3.8) is 0 Å². The molecule has 0 saturated heterocycles. The van der Waals surface area contributed by atoms with E-state index in [0.29, 0.717) is 11.3 Å². The van der Waals surface area contributed by atoms with E-state index in [-0.39, 0.29) is 34.5 Å². The molecule has 2 aromatic rings. The van der Waals surface area contributed by atoms with Crippen molar-refractivity contribution in [3.05, 3.63) is 53.1 Å². The predicted molar refractivity (Wildman–Crippen MR) is 103 cm³/mol. The summed E-state index contributed by atoms with van der Waals surface area (Å²) >= 11 is 6.00. The molecule has 0 saturated carbocycles. The molecule has 0 bridgehead atoms. The predicted octanol–water partition coefficient (Wildman–Crippen LogP) is 2.51. The molecular formula is C18H19ClN2O5S. The molecule has 2 amide bonds. The number of benzene rings is 2. The van der Waals surface area contributed by atoms with Crippen molar-refractivity contribution in [2.24, 2.45) is 0 Å². The van der Waals surface area contributed by atoms with E-state index in [1.54, 1.807) is 24.3 Å². The van der Waals surface area contributed by atoms with Crippen molar-refractivity contribution >= 4 is 38.9 Å². The second-order valence-corrected chi connectivity index (χ2v) is 8.09. The molecule has 0 fully saturated rings. The number of carbonyl (C=O) groups is 2. The third-order valence-electron chi connectivity index (χ3n) is 3.63. The fourth-order valence-corrected chi connectivity index (χ4v) is 3.07. The summed E-state index contributed by atoms with van der Waals surface area (Å²) in [5, 5.41) is 5.40. The van der Waals surface area contributed by atoms with Crippen LogP contribution in [0, 0.1) is 0 Å². The molecule has 0 aliphatic rings. The number of para-hydroxylation sites is 1. The lowest BCUT2D eigenvalue weighted by Crippen LogP contribution is -2.28. The molecule has 2 aromatic carbocycles. The number of amides is 2. The van der Waals surface area contributed by atoms with Crippen molar-refractivity contribution in [1.82, 2.24) is 5.32 Å². The van der Waals surface area contributed by atoms with Gasteiger partial charge in [0, 0.05) is 19.2 Å². The summed E-state index contributed by atoms with van der Waals surface area (Å²) in [5.41, 5.74) is 0.560. The van der Waals surface area contributed by atoms with Crippen LogP contribution >= 0.6 is 11.6 Å². The van der Waals surface area contributed by atoms with Gasteiger partial charge >= 0.3 is 0 Å². The summed E-state index contributed by atoms with van der Waals surface area (Å²) in [6, 6.07) is 10.8. The van der Waals surface area contributed by atoms with Gasteiger partial charge in [-0.1, -0.05) is 23.7 Å². The molecule has 144 valence electrons. The minimum absolute atomic E-state index is 0.0136. The van der Waals surface area contributed by atoms with Crippen molar-refractivity contribution < 1.29 is 22.7 Å². The minimum Gasteiger partial charge on any atom is -0.496 e. The molecule has 0 heterocycles. The van der Waals surface area contributed by atoms with Crippen molar-refractivity contribution in [2.75, 3.05) is 25.2 Å². The normalized spacial score (nSPS) is 10.9. The number of hydrogen-bond acceptors (Lipinski definition) is 5. The lowest BCUT2D eigenvalue weighted by molar-refractivity contribution is -0.116.